The molecule has 0 spiro atoms. The number of ether oxygens (including phenoxy) is 1. The monoisotopic (exact) mass is 230 g/mol. The molecule has 0 saturated heterocycles. The summed E-state index contributed by atoms with van der Waals surface area (Å²) in [5.41, 5.74) is -3.85. The lowest BCUT2D eigenvalue weighted by Gasteiger charge is -2.11. The van der Waals surface area contributed by atoms with Crippen LogP contribution in [0.25, 0.3) is 0 Å². The first-order chi connectivity index (χ1) is 5.88. The Morgan fingerprint density at radius 2 is 1.92 bits per heavy atom. The Bertz CT molecular complexity index is 311. The molecule has 0 aliphatic heterocycles. The third kappa shape index (κ3) is 3.32. The van der Waals surface area contributed by atoms with Crippen molar-refractivity contribution in [2.24, 2.45) is 0 Å². The molecule has 1 aromatic rings. The van der Waals surface area contributed by atoms with Crippen LogP contribution in [0.1, 0.15) is 0 Å². The molecule has 0 aromatic heterocycles. The van der Waals surface area contributed by atoms with Crippen LogP contribution < -0.4 is 4.74 Å². The van der Waals surface area contributed by atoms with Crippen molar-refractivity contribution in [1.82, 2.24) is 0 Å². The molecule has 1 nitrogen and oxygen atoms in total. The molecule has 0 aliphatic carbocycles. The molecule has 72 valence electrons. The normalized spacial score (nSPS) is 11.5. The van der Waals surface area contributed by atoms with Crippen LogP contribution in [-0.2, 0) is 0 Å². The van der Waals surface area contributed by atoms with Crippen molar-refractivity contribution in [2.45, 2.75) is 5.57 Å². The quantitative estimate of drug-likeness (QED) is 0.706. The lowest BCUT2D eigenvalue weighted by molar-refractivity contribution is -0.0964. The van der Waals surface area contributed by atoms with Gasteiger partial charge in [-0.05, 0) is 18.2 Å². The van der Waals surface area contributed by atoms with E-state index in [2.05, 4.69) is 16.3 Å². The van der Waals surface area contributed by atoms with Crippen LogP contribution in [0.15, 0.2) is 18.2 Å². The van der Waals surface area contributed by atoms with Crippen LogP contribution in [0.4, 0.5) is 13.2 Å². The van der Waals surface area contributed by atoms with E-state index in [1.807, 2.05) is 0 Å². The lowest BCUT2D eigenvalue weighted by Crippen LogP contribution is -2.15. The average molecular weight is 231 g/mol. The van der Waals surface area contributed by atoms with Crippen LogP contribution in [0.3, 0.4) is 0 Å². The molecule has 0 saturated carbocycles. The van der Waals surface area contributed by atoms with E-state index in [9.17, 15) is 13.2 Å². The first-order valence-electron chi connectivity index (χ1n) is 3.09. The van der Waals surface area contributed by atoms with Crippen LogP contribution in [0.2, 0.25) is 5.02 Å². The Morgan fingerprint density at radius 1 is 1.31 bits per heavy atom. The van der Waals surface area contributed by atoms with Gasteiger partial charge in [0, 0.05) is 11.6 Å². The molecule has 0 unspecified atom stereocenters. The van der Waals surface area contributed by atoms with Crippen molar-refractivity contribution >= 4 is 23.2 Å². The zero-order valence-corrected chi connectivity index (χ0v) is 7.54. The Hall–Kier alpha value is -0.610. The van der Waals surface area contributed by atoms with Gasteiger partial charge in [-0.15, -0.1) is 8.78 Å². The zero-order chi connectivity index (χ0) is 10.1. The summed E-state index contributed by atoms with van der Waals surface area (Å²) >= 11 is 9.85. The van der Waals surface area contributed by atoms with E-state index in [-0.39, 0.29) is 10.8 Å². The highest BCUT2D eigenvalue weighted by atomic mass is 35.5. The fourth-order valence-electron chi connectivity index (χ4n) is 0.683. The number of alkyl halides is 3. The van der Waals surface area contributed by atoms with Gasteiger partial charge in [-0.3, -0.25) is 0 Å². The highest BCUT2D eigenvalue weighted by molar-refractivity contribution is 6.32. The van der Waals surface area contributed by atoms with Gasteiger partial charge in [0.1, 0.15) is 11.6 Å². The first-order valence-corrected chi connectivity index (χ1v) is 3.85. The molecule has 6 heteroatoms. The fraction of sp³-hybridized carbons (Fsp3) is 0.143. The van der Waals surface area contributed by atoms with Crippen LogP contribution in [0.5, 0.6) is 5.75 Å². The van der Waals surface area contributed by atoms with Gasteiger partial charge >= 0.3 is 5.57 Å². The van der Waals surface area contributed by atoms with E-state index < -0.39 is 11.4 Å². The molecule has 0 N–H and O–H groups in total. The van der Waals surface area contributed by atoms with Gasteiger partial charge in [0.15, 0.2) is 0 Å². The molecule has 0 bridgehead atoms. The molecular formula is C7H3Cl2F3O. The smallest absolute Gasteiger partial charge is 0.418 e. The van der Waals surface area contributed by atoms with Gasteiger partial charge in [0.05, 0.1) is 5.02 Å². The van der Waals surface area contributed by atoms with Gasteiger partial charge in [-0.2, -0.15) is 0 Å². The summed E-state index contributed by atoms with van der Waals surface area (Å²) in [5, 5.41) is -0.264. The molecule has 1 aromatic carbocycles. The zero-order valence-electron chi connectivity index (χ0n) is 6.03. The minimum absolute atomic E-state index is 0.264. The molecular weight excluding hydrogens is 228 g/mol. The predicted octanol–water partition coefficient (Wildman–Crippen LogP) is 3.65. The molecule has 0 atom stereocenters. The maximum atomic E-state index is 12.4. The topological polar surface area (TPSA) is 9.23 Å². The second-order valence-corrected chi connectivity index (χ2v) is 2.97. The maximum Gasteiger partial charge on any atom is 0.487 e. The predicted molar refractivity (Wildman–Crippen MR) is 42.8 cm³/mol. The third-order valence-corrected chi connectivity index (χ3v) is 1.49. The number of hydrogen-bond acceptors (Lipinski definition) is 1. The van der Waals surface area contributed by atoms with Crippen molar-refractivity contribution in [2.75, 3.05) is 0 Å². The average Bonchev–Trinajstić information content (AvgIpc) is 1.93. The molecule has 13 heavy (non-hydrogen) atoms. The van der Waals surface area contributed by atoms with Gasteiger partial charge < -0.3 is 4.74 Å². The Kier molecular flexibility index (Phi) is 2.93. The number of halogens is 5. The van der Waals surface area contributed by atoms with Crippen LogP contribution in [0, 0.1) is 5.82 Å². The highest BCUT2D eigenvalue weighted by Gasteiger charge is 2.28. The van der Waals surface area contributed by atoms with Crippen LogP contribution in [-0.4, -0.2) is 5.57 Å². The molecule has 0 radical (unpaired) electrons. The van der Waals surface area contributed by atoms with Crippen LogP contribution >= 0.6 is 23.2 Å². The summed E-state index contributed by atoms with van der Waals surface area (Å²) in [5.74, 6) is -1.02. The standard InChI is InChI=1S/C7H3Cl2F3O/c8-5-3-4(10)1-2-6(5)13-7(9,11)12/h1-3H. The van der Waals surface area contributed by atoms with E-state index in [0.29, 0.717) is 0 Å². The largest absolute Gasteiger partial charge is 0.487 e. The summed E-state index contributed by atoms with van der Waals surface area (Å²) in [6.45, 7) is 0. The van der Waals surface area contributed by atoms with E-state index in [1.54, 1.807) is 0 Å². The molecule has 0 fully saturated rings. The summed E-state index contributed by atoms with van der Waals surface area (Å²) in [7, 11) is 0. The summed E-state index contributed by atoms with van der Waals surface area (Å²) < 4.78 is 40.5. The second-order valence-electron chi connectivity index (χ2n) is 2.12. The molecule has 0 aliphatic rings. The van der Waals surface area contributed by atoms with Crippen molar-refractivity contribution in [1.29, 1.82) is 0 Å². The Labute approximate surface area is 82.0 Å². The summed E-state index contributed by atoms with van der Waals surface area (Å²) in [4.78, 5) is 0. The van der Waals surface area contributed by atoms with Crippen molar-refractivity contribution in [3.05, 3.63) is 29.0 Å². The van der Waals surface area contributed by atoms with E-state index in [4.69, 9.17) is 11.6 Å². The SMILES string of the molecule is Fc1ccc(OC(F)(F)Cl)c(Cl)c1. The van der Waals surface area contributed by atoms with Crippen molar-refractivity contribution in [3.8, 4) is 5.75 Å². The minimum Gasteiger partial charge on any atom is -0.418 e. The second kappa shape index (κ2) is 3.64. The molecule has 0 heterocycles. The number of hydrogen-bond donors (Lipinski definition) is 0. The summed E-state index contributed by atoms with van der Waals surface area (Å²) in [6, 6.07) is 2.75. The van der Waals surface area contributed by atoms with E-state index in [1.165, 1.54) is 0 Å². The van der Waals surface area contributed by atoms with Gasteiger partial charge in [-0.25, -0.2) is 4.39 Å². The lowest BCUT2D eigenvalue weighted by atomic mass is 10.3. The molecule has 0 amide bonds. The Morgan fingerprint density at radius 3 is 2.38 bits per heavy atom. The van der Waals surface area contributed by atoms with E-state index >= 15 is 0 Å². The summed E-state index contributed by atoms with van der Waals surface area (Å²) in [6.07, 6.45) is 0. The maximum absolute atomic E-state index is 12.4. The van der Waals surface area contributed by atoms with Gasteiger partial charge in [0.25, 0.3) is 0 Å². The first kappa shape index (κ1) is 10.5. The van der Waals surface area contributed by atoms with E-state index in [0.717, 1.165) is 18.2 Å². The highest BCUT2D eigenvalue weighted by Crippen LogP contribution is 2.31. The molecule has 1 rings (SSSR count). The number of rotatable bonds is 2. The number of benzene rings is 1. The van der Waals surface area contributed by atoms with Crippen molar-refractivity contribution < 1.29 is 17.9 Å². The van der Waals surface area contributed by atoms with Gasteiger partial charge in [-0.1, -0.05) is 11.6 Å². The third-order valence-electron chi connectivity index (χ3n) is 1.12. The minimum atomic E-state index is -3.85. The van der Waals surface area contributed by atoms with Crippen molar-refractivity contribution in [3.63, 3.8) is 0 Å². The fourth-order valence-corrected chi connectivity index (χ4v) is 0.972. The Balaban J connectivity index is 2.90. The van der Waals surface area contributed by atoms with Gasteiger partial charge in [0.2, 0.25) is 0 Å².